The summed E-state index contributed by atoms with van der Waals surface area (Å²) in [5.74, 6) is 0.688. The van der Waals surface area contributed by atoms with Crippen LogP contribution in [0.15, 0.2) is 30.3 Å². The number of hydrogen-bond donors (Lipinski definition) is 1. The van der Waals surface area contributed by atoms with Crippen LogP contribution in [0.3, 0.4) is 0 Å². The first-order chi connectivity index (χ1) is 8.05. The molecule has 2 aromatic rings. The molecule has 5 heteroatoms. The molecule has 5 nitrogen and oxygen atoms in total. The van der Waals surface area contributed by atoms with Crippen molar-refractivity contribution in [2.24, 2.45) is 12.8 Å². The molecule has 0 amide bonds. The van der Waals surface area contributed by atoms with E-state index in [1.54, 1.807) is 7.05 Å². The van der Waals surface area contributed by atoms with Crippen molar-refractivity contribution in [2.45, 2.75) is 25.3 Å². The molecule has 1 aromatic heterocycles. The van der Waals surface area contributed by atoms with Crippen LogP contribution in [-0.2, 0) is 19.9 Å². The smallest absolute Gasteiger partial charge is 0.176 e. The first-order valence-corrected chi connectivity index (χ1v) is 5.61. The summed E-state index contributed by atoms with van der Waals surface area (Å²) < 4.78 is 0. The van der Waals surface area contributed by atoms with Crippen molar-refractivity contribution in [2.75, 3.05) is 0 Å². The first-order valence-electron chi connectivity index (χ1n) is 5.61. The Kier molecular flexibility index (Phi) is 3.19. The van der Waals surface area contributed by atoms with Gasteiger partial charge in [0.25, 0.3) is 0 Å². The van der Waals surface area contributed by atoms with Gasteiger partial charge in [0.1, 0.15) is 0 Å². The number of aromatic nitrogens is 4. The molecule has 0 spiro atoms. The molecule has 1 heterocycles. The highest BCUT2D eigenvalue weighted by Gasteiger charge is 2.22. The van der Waals surface area contributed by atoms with Gasteiger partial charge in [-0.05, 0) is 24.1 Å². The molecule has 2 N–H and O–H groups in total. The first kappa shape index (κ1) is 11.7. The van der Waals surface area contributed by atoms with Crippen LogP contribution in [0.5, 0.6) is 0 Å². The van der Waals surface area contributed by atoms with Gasteiger partial charge in [-0.15, -0.1) is 10.2 Å². The topological polar surface area (TPSA) is 69.6 Å². The van der Waals surface area contributed by atoms with Gasteiger partial charge in [-0.25, -0.2) is 0 Å². The predicted octanol–water partition coefficient (Wildman–Crippen LogP) is 0.713. The Labute approximate surface area is 101 Å². The zero-order valence-corrected chi connectivity index (χ0v) is 10.2. The lowest BCUT2D eigenvalue weighted by Gasteiger charge is -2.22. The third-order valence-electron chi connectivity index (χ3n) is 2.56. The third kappa shape index (κ3) is 3.35. The summed E-state index contributed by atoms with van der Waals surface area (Å²) in [6.07, 6.45) is 1.42. The second-order valence-corrected chi connectivity index (χ2v) is 4.69. The van der Waals surface area contributed by atoms with E-state index in [-0.39, 0.29) is 5.54 Å². The number of aryl methyl sites for hydroxylation is 1. The normalized spacial score (nSPS) is 14.5. The van der Waals surface area contributed by atoms with E-state index in [9.17, 15) is 0 Å². The number of nitrogens with two attached hydrogens (primary N) is 1. The molecule has 90 valence electrons. The van der Waals surface area contributed by atoms with E-state index in [2.05, 4.69) is 27.5 Å². The summed E-state index contributed by atoms with van der Waals surface area (Å²) in [6.45, 7) is 2.01. The van der Waals surface area contributed by atoms with E-state index in [0.717, 1.165) is 6.42 Å². The fourth-order valence-corrected chi connectivity index (χ4v) is 1.88. The number of rotatable bonds is 4. The average Bonchev–Trinajstić information content (AvgIpc) is 2.63. The minimum Gasteiger partial charge on any atom is -0.325 e. The van der Waals surface area contributed by atoms with E-state index in [1.165, 1.54) is 10.4 Å². The maximum Gasteiger partial charge on any atom is 0.176 e. The predicted molar refractivity (Wildman–Crippen MR) is 65.2 cm³/mol. The Balaban J connectivity index is 2.04. The molecule has 0 aliphatic heterocycles. The summed E-state index contributed by atoms with van der Waals surface area (Å²) in [6, 6.07) is 10.2. The standard InChI is InChI=1S/C12H17N5/c1-12(13,8-10-6-4-3-5-7-10)9-11-14-16-17(2)15-11/h3-7H,8-9,13H2,1-2H3. The summed E-state index contributed by atoms with van der Waals surface area (Å²) >= 11 is 0. The number of tetrazole rings is 1. The monoisotopic (exact) mass is 231 g/mol. The largest absolute Gasteiger partial charge is 0.325 e. The van der Waals surface area contributed by atoms with Crippen LogP contribution in [0.1, 0.15) is 18.3 Å². The molecule has 0 saturated heterocycles. The fraction of sp³-hybridized carbons (Fsp3) is 0.417. The molecule has 2 rings (SSSR count). The Morgan fingerprint density at radius 3 is 2.53 bits per heavy atom. The van der Waals surface area contributed by atoms with Gasteiger partial charge in [-0.3, -0.25) is 0 Å². The van der Waals surface area contributed by atoms with E-state index >= 15 is 0 Å². The zero-order valence-electron chi connectivity index (χ0n) is 10.2. The summed E-state index contributed by atoms with van der Waals surface area (Å²) in [7, 11) is 1.75. The van der Waals surface area contributed by atoms with Gasteiger partial charge in [-0.1, -0.05) is 30.3 Å². The summed E-state index contributed by atoms with van der Waals surface area (Å²) in [5, 5.41) is 11.9. The van der Waals surface area contributed by atoms with Gasteiger partial charge in [0.05, 0.1) is 7.05 Å². The zero-order chi connectivity index (χ0) is 12.3. The van der Waals surface area contributed by atoms with Crippen molar-refractivity contribution in [1.29, 1.82) is 0 Å². The summed E-state index contributed by atoms with van der Waals surface area (Å²) in [5.41, 5.74) is 7.14. The second kappa shape index (κ2) is 4.63. The van der Waals surface area contributed by atoms with E-state index in [4.69, 9.17) is 5.73 Å². The lowest BCUT2D eigenvalue weighted by atomic mass is 9.90. The Morgan fingerprint density at radius 2 is 1.94 bits per heavy atom. The van der Waals surface area contributed by atoms with Gasteiger partial charge >= 0.3 is 0 Å². The van der Waals surface area contributed by atoms with E-state index in [0.29, 0.717) is 12.2 Å². The van der Waals surface area contributed by atoms with Crippen molar-refractivity contribution in [1.82, 2.24) is 20.2 Å². The fourth-order valence-electron chi connectivity index (χ4n) is 1.88. The van der Waals surface area contributed by atoms with Gasteiger partial charge in [0.15, 0.2) is 5.82 Å². The Bertz CT molecular complexity index is 475. The molecule has 0 aliphatic rings. The van der Waals surface area contributed by atoms with Crippen LogP contribution in [0, 0.1) is 0 Å². The minimum absolute atomic E-state index is 0.357. The molecule has 0 aliphatic carbocycles. The molecular formula is C12H17N5. The van der Waals surface area contributed by atoms with Crippen LogP contribution in [-0.4, -0.2) is 25.7 Å². The summed E-state index contributed by atoms with van der Waals surface area (Å²) in [4.78, 5) is 1.45. The highest BCUT2D eigenvalue weighted by molar-refractivity contribution is 5.17. The lowest BCUT2D eigenvalue weighted by molar-refractivity contribution is 0.450. The molecule has 0 radical (unpaired) electrons. The van der Waals surface area contributed by atoms with E-state index < -0.39 is 0 Å². The van der Waals surface area contributed by atoms with Crippen molar-refractivity contribution in [3.63, 3.8) is 0 Å². The SMILES string of the molecule is Cn1nnc(CC(C)(N)Cc2ccccc2)n1. The molecular weight excluding hydrogens is 214 g/mol. The average molecular weight is 231 g/mol. The molecule has 17 heavy (non-hydrogen) atoms. The van der Waals surface area contributed by atoms with Crippen LogP contribution >= 0.6 is 0 Å². The number of hydrogen-bond acceptors (Lipinski definition) is 4. The molecule has 0 saturated carbocycles. The van der Waals surface area contributed by atoms with Gasteiger partial charge in [0.2, 0.25) is 0 Å². The van der Waals surface area contributed by atoms with Crippen molar-refractivity contribution in [3.05, 3.63) is 41.7 Å². The lowest BCUT2D eigenvalue weighted by Crippen LogP contribution is -2.41. The third-order valence-corrected chi connectivity index (χ3v) is 2.56. The van der Waals surface area contributed by atoms with E-state index in [1.807, 2.05) is 25.1 Å². The number of benzene rings is 1. The molecule has 1 unspecified atom stereocenters. The van der Waals surface area contributed by atoms with Crippen molar-refractivity contribution < 1.29 is 0 Å². The van der Waals surface area contributed by atoms with Crippen LogP contribution in [0.2, 0.25) is 0 Å². The molecule has 0 fully saturated rings. The van der Waals surface area contributed by atoms with Crippen LogP contribution < -0.4 is 5.73 Å². The minimum atomic E-state index is -0.357. The molecule has 0 bridgehead atoms. The van der Waals surface area contributed by atoms with Gasteiger partial charge in [-0.2, -0.15) is 4.80 Å². The van der Waals surface area contributed by atoms with Crippen LogP contribution in [0.25, 0.3) is 0 Å². The maximum atomic E-state index is 6.27. The molecule has 1 aromatic carbocycles. The van der Waals surface area contributed by atoms with Crippen LogP contribution in [0.4, 0.5) is 0 Å². The van der Waals surface area contributed by atoms with Crippen molar-refractivity contribution >= 4 is 0 Å². The quantitative estimate of drug-likeness (QED) is 0.841. The number of nitrogens with zero attached hydrogens (tertiary/aromatic N) is 4. The Hall–Kier alpha value is -1.75. The van der Waals surface area contributed by atoms with Crippen molar-refractivity contribution in [3.8, 4) is 0 Å². The molecule has 1 atom stereocenters. The highest BCUT2D eigenvalue weighted by atomic mass is 15.6. The highest BCUT2D eigenvalue weighted by Crippen LogP contribution is 2.14. The van der Waals surface area contributed by atoms with Gasteiger partial charge < -0.3 is 5.73 Å². The van der Waals surface area contributed by atoms with Gasteiger partial charge in [0, 0.05) is 12.0 Å². The second-order valence-electron chi connectivity index (χ2n) is 4.69. The Morgan fingerprint density at radius 1 is 1.24 bits per heavy atom. The maximum absolute atomic E-state index is 6.27.